The zero-order valence-electron chi connectivity index (χ0n) is 7.78. The number of carbonyl (C=O) groups is 2. The van der Waals surface area contributed by atoms with Gasteiger partial charge in [0.1, 0.15) is 5.71 Å². The maximum Gasteiger partial charge on any atom is 0.264 e. The van der Waals surface area contributed by atoms with E-state index < -0.39 is 5.91 Å². The van der Waals surface area contributed by atoms with Crippen molar-refractivity contribution in [1.82, 2.24) is 5.01 Å². The van der Waals surface area contributed by atoms with Crippen molar-refractivity contribution in [1.29, 1.82) is 0 Å². The first kappa shape index (κ1) is 9.70. The molecule has 0 radical (unpaired) electrons. The maximum atomic E-state index is 11.3. The molecule has 72 valence electrons. The van der Waals surface area contributed by atoms with Gasteiger partial charge >= 0.3 is 0 Å². The second kappa shape index (κ2) is 3.55. The Labute approximate surface area is 76.6 Å². The second-order valence-electron chi connectivity index (χ2n) is 3.24. The number of rotatable bonds is 2. The van der Waals surface area contributed by atoms with Crippen LogP contribution in [0.3, 0.4) is 0 Å². The Balaban J connectivity index is 2.87. The lowest BCUT2D eigenvalue weighted by molar-refractivity contribution is -0.133. The zero-order chi connectivity index (χ0) is 10.0. The van der Waals surface area contributed by atoms with Crippen LogP contribution in [0.2, 0.25) is 0 Å². The number of amides is 2. The Morgan fingerprint density at radius 3 is 2.62 bits per heavy atom. The first-order chi connectivity index (χ1) is 6.02. The molecule has 2 N–H and O–H groups in total. The normalized spacial score (nSPS) is 17.6. The highest BCUT2D eigenvalue weighted by molar-refractivity contribution is 6.38. The first-order valence-electron chi connectivity index (χ1n) is 4.21. The highest BCUT2D eigenvalue weighted by Crippen LogP contribution is 2.11. The zero-order valence-corrected chi connectivity index (χ0v) is 7.78. The third-order valence-corrected chi connectivity index (χ3v) is 1.83. The van der Waals surface area contributed by atoms with E-state index in [0.717, 1.165) is 0 Å². The molecule has 5 nitrogen and oxygen atoms in total. The summed E-state index contributed by atoms with van der Waals surface area (Å²) < 4.78 is 0. The molecule has 0 saturated carbocycles. The molecule has 0 bridgehead atoms. The standard InChI is InChI=1S/C8H13N3O2/c1-5(2)11-7(12)4-3-6(10-11)8(9)13/h5H,3-4H2,1-2H3,(H2,9,13). The highest BCUT2D eigenvalue weighted by Gasteiger charge is 2.24. The van der Waals surface area contributed by atoms with Crippen LogP contribution in [0.25, 0.3) is 0 Å². The molecule has 0 aliphatic carbocycles. The van der Waals surface area contributed by atoms with Gasteiger partial charge in [-0.05, 0) is 13.8 Å². The molecule has 0 aromatic heterocycles. The molecular formula is C8H13N3O2. The van der Waals surface area contributed by atoms with Crippen LogP contribution in [0.15, 0.2) is 5.10 Å². The van der Waals surface area contributed by atoms with Crippen LogP contribution in [0, 0.1) is 0 Å². The summed E-state index contributed by atoms with van der Waals surface area (Å²) >= 11 is 0. The molecule has 1 rings (SSSR count). The van der Waals surface area contributed by atoms with E-state index in [9.17, 15) is 9.59 Å². The fourth-order valence-corrected chi connectivity index (χ4v) is 1.15. The Bertz CT molecular complexity index is 271. The molecule has 13 heavy (non-hydrogen) atoms. The quantitative estimate of drug-likeness (QED) is 0.646. The minimum atomic E-state index is -0.543. The van der Waals surface area contributed by atoms with Gasteiger partial charge < -0.3 is 5.73 Å². The van der Waals surface area contributed by atoms with Gasteiger partial charge in [-0.1, -0.05) is 0 Å². The van der Waals surface area contributed by atoms with Crippen molar-refractivity contribution >= 4 is 17.5 Å². The van der Waals surface area contributed by atoms with E-state index in [2.05, 4.69) is 5.10 Å². The van der Waals surface area contributed by atoms with Gasteiger partial charge in [-0.3, -0.25) is 9.59 Å². The van der Waals surface area contributed by atoms with Gasteiger partial charge in [0.15, 0.2) is 0 Å². The molecule has 0 fully saturated rings. The van der Waals surface area contributed by atoms with Crippen molar-refractivity contribution in [2.75, 3.05) is 0 Å². The molecular weight excluding hydrogens is 170 g/mol. The highest BCUT2D eigenvalue weighted by atomic mass is 16.2. The number of hydrogen-bond donors (Lipinski definition) is 1. The monoisotopic (exact) mass is 183 g/mol. The molecule has 0 saturated heterocycles. The molecule has 0 atom stereocenters. The lowest BCUT2D eigenvalue weighted by Crippen LogP contribution is -2.40. The fraction of sp³-hybridized carbons (Fsp3) is 0.625. The summed E-state index contributed by atoms with van der Waals surface area (Å²) in [5.74, 6) is -0.599. The van der Waals surface area contributed by atoms with E-state index in [-0.39, 0.29) is 17.7 Å². The summed E-state index contributed by atoms with van der Waals surface area (Å²) in [5, 5.41) is 5.20. The van der Waals surface area contributed by atoms with Crippen LogP contribution < -0.4 is 5.73 Å². The number of nitrogens with zero attached hydrogens (tertiary/aromatic N) is 2. The number of carbonyl (C=O) groups excluding carboxylic acids is 2. The van der Waals surface area contributed by atoms with E-state index in [0.29, 0.717) is 12.8 Å². The average Bonchev–Trinajstić information content (AvgIpc) is 2.04. The van der Waals surface area contributed by atoms with Crippen molar-refractivity contribution in [3.63, 3.8) is 0 Å². The predicted molar refractivity (Wildman–Crippen MR) is 47.8 cm³/mol. The van der Waals surface area contributed by atoms with Crippen LogP contribution in [0.4, 0.5) is 0 Å². The average molecular weight is 183 g/mol. The van der Waals surface area contributed by atoms with E-state index in [4.69, 9.17) is 5.73 Å². The van der Waals surface area contributed by atoms with Crippen LogP contribution in [0.1, 0.15) is 26.7 Å². The Kier molecular flexibility index (Phi) is 2.65. The van der Waals surface area contributed by atoms with Crippen molar-refractivity contribution < 1.29 is 9.59 Å². The number of hydrazone groups is 1. The number of hydrogen-bond acceptors (Lipinski definition) is 3. The van der Waals surface area contributed by atoms with Gasteiger partial charge in [-0.2, -0.15) is 5.10 Å². The molecule has 0 aromatic carbocycles. The van der Waals surface area contributed by atoms with E-state index in [1.165, 1.54) is 5.01 Å². The summed E-state index contributed by atoms with van der Waals surface area (Å²) in [6.45, 7) is 3.68. The van der Waals surface area contributed by atoms with E-state index >= 15 is 0 Å². The molecule has 2 amide bonds. The van der Waals surface area contributed by atoms with E-state index in [1.807, 2.05) is 13.8 Å². The minimum absolute atomic E-state index is 0.0258. The van der Waals surface area contributed by atoms with Gasteiger partial charge in [0.25, 0.3) is 5.91 Å². The van der Waals surface area contributed by atoms with Crippen LogP contribution in [-0.4, -0.2) is 28.6 Å². The van der Waals surface area contributed by atoms with Crippen LogP contribution in [0.5, 0.6) is 0 Å². The Hall–Kier alpha value is -1.39. The van der Waals surface area contributed by atoms with Gasteiger partial charge in [0.2, 0.25) is 5.91 Å². The molecule has 5 heteroatoms. The van der Waals surface area contributed by atoms with Gasteiger partial charge in [0.05, 0.1) is 0 Å². The topological polar surface area (TPSA) is 75.8 Å². The summed E-state index contributed by atoms with van der Waals surface area (Å²) in [7, 11) is 0. The Morgan fingerprint density at radius 1 is 1.54 bits per heavy atom. The summed E-state index contributed by atoms with van der Waals surface area (Å²) in [5.41, 5.74) is 5.35. The minimum Gasteiger partial charge on any atom is -0.364 e. The Morgan fingerprint density at radius 2 is 2.15 bits per heavy atom. The molecule has 0 spiro atoms. The van der Waals surface area contributed by atoms with E-state index in [1.54, 1.807) is 0 Å². The molecule has 1 aliphatic heterocycles. The second-order valence-corrected chi connectivity index (χ2v) is 3.24. The third-order valence-electron chi connectivity index (χ3n) is 1.83. The summed E-state index contributed by atoms with van der Waals surface area (Å²) in [6.07, 6.45) is 0.678. The van der Waals surface area contributed by atoms with Crippen LogP contribution in [-0.2, 0) is 9.59 Å². The number of primary amides is 1. The molecule has 0 unspecified atom stereocenters. The third kappa shape index (κ3) is 2.05. The van der Waals surface area contributed by atoms with Crippen molar-refractivity contribution in [3.05, 3.63) is 0 Å². The SMILES string of the molecule is CC(C)N1N=C(C(N)=O)CCC1=O. The fourth-order valence-electron chi connectivity index (χ4n) is 1.15. The van der Waals surface area contributed by atoms with Gasteiger partial charge in [-0.15, -0.1) is 0 Å². The van der Waals surface area contributed by atoms with Crippen molar-refractivity contribution in [2.45, 2.75) is 32.7 Å². The van der Waals surface area contributed by atoms with Crippen LogP contribution >= 0.6 is 0 Å². The molecule has 0 aromatic rings. The molecule has 1 heterocycles. The lowest BCUT2D eigenvalue weighted by Gasteiger charge is -2.25. The van der Waals surface area contributed by atoms with Crippen molar-refractivity contribution in [3.8, 4) is 0 Å². The molecule has 1 aliphatic rings. The number of nitrogens with two attached hydrogens (primary N) is 1. The maximum absolute atomic E-state index is 11.3. The van der Waals surface area contributed by atoms with Gasteiger partial charge in [0, 0.05) is 18.9 Å². The summed E-state index contributed by atoms with van der Waals surface area (Å²) in [6, 6.07) is -0.0258. The van der Waals surface area contributed by atoms with Gasteiger partial charge in [-0.25, -0.2) is 5.01 Å². The largest absolute Gasteiger partial charge is 0.364 e. The lowest BCUT2D eigenvalue weighted by atomic mass is 10.1. The smallest absolute Gasteiger partial charge is 0.264 e. The predicted octanol–water partition coefficient (Wildman–Crippen LogP) is -0.142. The first-order valence-corrected chi connectivity index (χ1v) is 4.21. The summed E-state index contributed by atoms with van der Waals surface area (Å²) in [4.78, 5) is 22.1. The van der Waals surface area contributed by atoms with Crippen molar-refractivity contribution in [2.24, 2.45) is 10.8 Å².